The zero-order chi connectivity index (χ0) is 12.8. The van der Waals surface area contributed by atoms with Gasteiger partial charge in [0.15, 0.2) is 0 Å². The van der Waals surface area contributed by atoms with Crippen molar-refractivity contribution in [3.8, 4) is 0 Å². The van der Waals surface area contributed by atoms with Crippen molar-refractivity contribution in [2.75, 3.05) is 19.7 Å². The summed E-state index contributed by atoms with van der Waals surface area (Å²) < 4.78 is 20.2. The molecule has 0 aromatic rings. The van der Waals surface area contributed by atoms with Crippen molar-refractivity contribution in [3.05, 3.63) is 24.1 Å². The number of hydrogen-bond donors (Lipinski definition) is 0. The summed E-state index contributed by atoms with van der Waals surface area (Å²) in [5, 5.41) is 0. The number of allylic oxidation sites excluding steroid dienone is 2. The summed E-state index contributed by atoms with van der Waals surface area (Å²) in [6, 6.07) is 0.575. The molecule has 2 unspecified atom stereocenters. The van der Waals surface area contributed by atoms with Crippen LogP contribution >= 0.6 is 0 Å². The molecule has 18 heavy (non-hydrogen) atoms. The topological polar surface area (TPSA) is 12.5 Å². The van der Waals surface area contributed by atoms with Gasteiger partial charge in [-0.2, -0.15) is 0 Å². The largest absolute Gasteiger partial charge is 0.374 e. The fourth-order valence-corrected chi connectivity index (χ4v) is 3.73. The van der Waals surface area contributed by atoms with Gasteiger partial charge < -0.3 is 9.64 Å². The number of piperidine rings is 1. The summed E-state index contributed by atoms with van der Waals surface area (Å²) in [6.45, 7) is 7.18. The standard InChI is InChI=1S/C15H22FNO/c1-11(2)17-8-6-15(7-9-17)14-12(10-18-15)4-3-5-13(14)16/h3-5,11-12,14H,6-10H2,1-2H3. The molecule has 0 radical (unpaired) electrons. The third-order valence-corrected chi connectivity index (χ3v) is 4.84. The molecule has 3 heteroatoms. The summed E-state index contributed by atoms with van der Waals surface area (Å²) in [6.07, 6.45) is 7.48. The summed E-state index contributed by atoms with van der Waals surface area (Å²) in [5.74, 6) is 0.246. The second-order valence-corrected chi connectivity index (χ2v) is 6.08. The van der Waals surface area contributed by atoms with Gasteiger partial charge in [-0.15, -0.1) is 0 Å². The van der Waals surface area contributed by atoms with E-state index in [0.717, 1.165) is 25.9 Å². The molecule has 0 aromatic carbocycles. The Morgan fingerprint density at radius 1 is 1.39 bits per heavy atom. The van der Waals surface area contributed by atoms with E-state index in [-0.39, 0.29) is 23.3 Å². The molecule has 0 amide bonds. The molecule has 100 valence electrons. The minimum atomic E-state index is -0.235. The number of halogens is 1. The quantitative estimate of drug-likeness (QED) is 0.710. The molecule has 2 atom stereocenters. The first-order valence-corrected chi connectivity index (χ1v) is 7.04. The molecule has 2 nitrogen and oxygen atoms in total. The number of rotatable bonds is 1. The normalized spacial score (nSPS) is 35.0. The maximum Gasteiger partial charge on any atom is 0.107 e. The summed E-state index contributed by atoms with van der Waals surface area (Å²) in [7, 11) is 0. The predicted octanol–water partition coefficient (Wildman–Crippen LogP) is 2.92. The fourth-order valence-electron chi connectivity index (χ4n) is 3.73. The van der Waals surface area contributed by atoms with Gasteiger partial charge in [0.25, 0.3) is 0 Å². The van der Waals surface area contributed by atoms with Crippen LogP contribution < -0.4 is 0 Å². The van der Waals surface area contributed by atoms with E-state index in [0.29, 0.717) is 12.6 Å². The van der Waals surface area contributed by atoms with Crippen molar-refractivity contribution in [1.82, 2.24) is 4.90 Å². The lowest BCUT2D eigenvalue weighted by Crippen LogP contribution is -2.50. The molecule has 1 aliphatic carbocycles. The Kier molecular flexibility index (Phi) is 3.07. The Labute approximate surface area is 108 Å². The van der Waals surface area contributed by atoms with Gasteiger partial charge in [-0.05, 0) is 32.8 Å². The highest BCUT2D eigenvalue weighted by Crippen LogP contribution is 2.49. The molecule has 2 aliphatic heterocycles. The first-order valence-electron chi connectivity index (χ1n) is 7.04. The third kappa shape index (κ3) is 1.84. The second kappa shape index (κ2) is 4.46. The molecule has 0 saturated carbocycles. The highest BCUT2D eigenvalue weighted by Gasteiger charge is 2.52. The van der Waals surface area contributed by atoms with Gasteiger partial charge in [0.1, 0.15) is 5.83 Å². The third-order valence-electron chi connectivity index (χ3n) is 4.84. The minimum Gasteiger partial charge on any atom is -0.374 e. The van der Waals surface area contributed by atoms with Crippen molar-refractivity contribution in [1.29, 1.82) is 0 Å². The molecule has 2 saturated heterocycles. The van der Waals surface area contributed by atoms with Crippen LogP contribution in [0.15, 0.2) is 24.1 Å². The van der Waals surface area contributed by atoms with E-state index in [4.69, 9.17) is 4.74 Å². The van der Waals surface area contributed by atoms with Gasteiger partial charge in [0, 0.05) is 31.0 Å². The van der Waals surface area contributed by atoms with E-state index < -0.39 is 0 Å². The lowest BCUT2D eigenvalue weighted by atomic mass is 9.73. The van der Waals surface area contributed by atoms with Gasteiger partial charge in [0.05, 0.1) is 12.2 Å². The smallest absolute Gasteiger partial charge is 0.107 e. The molecular formula is C15H22FNO. The maximum absolute atomic E-state index is 14.1. The van der Waals surface area contributed by atoms with Crippen LogP contribution in [0, 0.1) is 11.8 Å². The highest BCUT2D eigenvalue weighted by molar-refractivity contribution is 5.25. The van der Waals surface area contributed by atoms with Crippen LogP contribution in [0.4, 0.5) is 4.39 Å². The van der Waals surface area contributed by atoms with E-state index >= 15 is 0 Å². The van der Waals surface area contributed by atoms with Crippen molar-refractivity contribution < 1.29 is 9.13 Å². The highest BCUT2D eigenvalue weighted by atomic mass is 19.1. The van der Waals surface area contributed by atoms with Crippen molar-refractivity contribution in [3.63, 3.8) is 0 Å². The van der Waals surface area contributed by atoms with Crippen LogP contribution in [0.5, 0.6) is 0 Å². The lowest BCUT2D eigenvalue weighted by molar-refractivity contribution is -0.0674. The van der Waals surface area contributed by atoms with Crippen molar-refractivity contribution in [2.45, 2.75) is 38.3 Å². The van der Waals surface area contributed by atoms with Crippen LogP contribution in [0.1, 0.15) is 26.7 Å². The van der Waals surface area contributed by atoms with E-state index in [1.54, 1.807) is 6.08 Å². The Bertz CT molecular complexity index is 380. The zero-order valence-corrected chi connectivity index (χ0v) is 11.2. The van der Waals surface area contributed by atoms with E-state index in [2.05, 4.69) is 24.8 Å². The lowest BCUT2D eigenvalue weighted by Gasteiger charge is -2.43. The number of nitrogens with zero attached hydrogens (tertiary/aromatic N) is 1. The minimum absolute atomic E-state index is 0.0259. The Balaban J connectivity index is 1.77. The van der Waals surface area contributed by atoms with Gasteiger partial charge >= 0.3 is 0 Å². The Hall–Kier alpha value is -0.670. The number of fused-ring (bicyclic) bond motifs is 2. The van der Waals surface area contributed by atoms with E-state index in [1.165, 1.54) is 0 Å². The van der Waals surface area contributed by atoms with Crippen LogP contribution in [-0.4, -0.2) is 36.2 Å². The predicted molar refractivity (Wildman–Crippen MR) is 69.9 cm³/mol. The average Bonchev–Trinajstić information content (AvgIpc) is 2.70. The van der Waals surface area contributed by atoms with Gasteiger partial charge in [0.2, 0.25) is 0 Å². The first-order chi connectivity index (χ1) is 8.62. The summed E-state index contributed by atoms with van der Waals surface area (Å²) >= 11 is 0. The summed E-state index contributed by atoms with van der Waals surface area (Å²) in [4.78, 5) is 2.46. The van der Waals surface area contributed by atoms with E-state index in [1.807, 2.05) is 6.08 Å². The second-order valence-electron chi connectivity index (χ2n) is 6.08. The maximum atomic E-state index is 14.1. The summed E-state index contributed by atoms with van der Waals surface area (Å²) in [5.41, 5.74) is -0.235. The Morgan fingerprint density at radius 2 is 2.11 bits per heavy atom. The molecule has 2 fully saturated rings. The molecule has 3 aliphatic rings. The number of hydrogen-bond acceptors (Lipinski definition) is 2. The van der Waals surface area contributed by atoms with Gasteiger partial charge in [-0.1, -0.05) is 12.2 Å². The first kappa shape index (κ1) is 12.4. The molecule has 0 N–H and O–H groups in total. The average molecular weight is 251 g/mol. The molecule has 3 rings (SSSR count). The van der Waals surface area contributed by atoms with Crippen LogP contribution in [0.3, 0.4) is 0 Å². The molecular weight excluding hydrogens is 229 g/mol. The van der Waals surface area contributed by atoms with Crippen LogP contribution in [0.25, 0.3) is 0 Å². The Morgan fingerprint density at radius 3 is 2.78 bits per heavy atom. The monoisotopic (exact) mass is 251 g/mol. The van der Waals surface area contributed by atoms with E-state index in [9.17, 15) is 4.39 Å². The van der Waals surface area contributed by atoms with Crippen molar-refractivity contribution in [2.24, 2.45) is 11.8 Å². The van der Waals surface area contributed by atoms with Crippen molar-refractivity contribution >= 4 is 0 Å². The molecule has 2 heterocycles. The zero-order valence-electron chi connectivity index (χ0n) is 11.2. The molecule has 0 aromatic heterocycles. The van der Waals surface area contributed by atoms with Crippen LogP contribution in [0.2, 0.25) is 0 Å². The molecule has 1 spiro atoms. The van der Waals surface area contributed by atoms with Crippen LogP contribution in [-0.2, 0) is 4.74 Å². The fraction of sp³-hybridized carbons (Fsp3) is 0.733. The number of ether oxygens (including phenoxy) is 1. The van der Waals surface area contributed by atoms with Gasteiger partial charge in [-0.25, -0.2) is 4.39 Å². The van der Waals surface area contributed by atoms with Gasteiger partial charge in [-0.3, -0.25) is 0 Å². The molecule has 0 bridgehead atoms. The SMILES string of the molecule is CC(C)N1CCC2(CC1)OCC1C=CC=C(F)C12. The number of likely N-dealkylation sites (tertiary alicyclic amines) is 1.